The topological polar surface area (TPSA) is 30.3 Å². The van der Waals surface area contributed by atoms with Crippen LogP contribution in [0.4, 0.5) is 17.1 Å². The molecular formula is C45H29N3O. The highest BCUT2D eigenvalue weighted by molar-refractivity contribution is 6.09. The third kappa shape index (κ3) is 4.42. The van der Waals surface area contributed by atoms with E-state index in [1.165, 1.54) is 21.8 Å². The van der Waals surface area contributed by atoms with E-state index < -0.39 is 0 Å². The first-order valence-electron chi connectivity index (χ1n) is 16.6. The third-order valence-corrected chi connectivity index (χ3v) is 9.57. The summed E-state index contributed by atoms with van der Waals surface area (Å²) in [5.41, 5.74) is 11.9. The van der Waals surface area contributed by atoms with Gasteiger partial charge >= 0.3 is 0 Å². The Hall–Kier alpha value is -6.65. The van der Waals surface area contributed by atoms with Gasteiger partial charge in [-0.1, -0.05) is 103 Å². The molecule has 0 saturated carbocycles. The Balaban J connectivity index is 1.09. The summed E-state index contributed by atoms with van der Waals surface area (Å²) in [4.78, 5) is 7.42. The van der Waals surface area contributed by atoms with Gasteiger partial charge in [-0.2, -0.15) is 0 Å². The number of ether oxygens (including phenoxy) is 1. The van der Waals surface area contributed by atoms with Gasteiger partial charge in [0.2, 0.25) is 0 Å². The molecule has 0 unspecified atom stereocenters. The predicted octanol–water partition coefficient (Wildman–Crippen LogP) is 12.2. The largest absolute Gasteiger partial charge is 0.453 e. The fourth-order valence-corrected chi connectivity index (χ4v) is 7.34. The summed E-state index contributed by atoms with van der Waals surface area (Å²) < 4.78 is 8.61. The lowest BCUT2D eigenvalue weighted by molar-refractivity contribution is 0.477. The van der Waals surface area contributed by atoms with Crippen LogP contribution in [0.3, 0.4) is 0 Å². The number of para-hydroxylation sites is 7. The van der Waals surface area contributed by atoms with Crippen molar-refractivity contribution in [1.82, 2.24) is 9.55 Å². The maximum Gasteiger partial charge on any atom is 0.151 e. The normalized spacial score (nSPS) is 12.2. The highest BCUT2D eigenvalue weighted by atomic mass is 16.5. The Morgan fingerprint density at radius 2 is 1.02 bits per heavy atom. The summed E-state index contributed by atoms with van der Waals surface area (Å²) in [5, 5.41) is 3.64. The molecule has 2 aromatic heterocycles. The van der Waals surface area contributed by atoms with Crippen LogP contribution in [0.1, 0.15) is 0 Å². The van der Waals surface area contributed by atoms with Crippen LogP contribution in [-0.4, -0.2) is 9.55 Å². The lowest BCUT2D eigenvalue weighted by Gasteiger charge is -2.32. The molecule has 0 amide bonds. The van der Waals surface area contributed by atoms with Gasteiger partial charge in [-0.05, 0) is 83.9 Å². The number of nitrogens with zero attached hydrogens (tertiary/aromatic N) is 3. The SMILES string of the molecule is c1cc(-c2cc(-c3ccc(N4c5ccccc5Oc5ccccc54)cc3)nc3ccccc23)cc(-n2c3ccccc3c3ccccc32)c1. The van der Waals surface area contributed by atoms with E-state index >= 15 is 0 Å². The Morgan fingerprint density at radius 3 is 1.71 bits per heavy atom. The van der Waals surface area contributed by atoms with Crippen LogP contribution in [-0.2, 0) is 0 Å². The summed E-state index contributed by atoms with van der Waals surface area (Å²) in [6.45, 7) is 0. The molecule has 10 rings (SSSR count). The maximum atomic E-state index is 6.24. The van der Waals surface area contributed by atoms with E-state index in [0.29, 0.717) is 0 Å². The molecule has 0 aliphatic carbocycles. The zero-order valence-corrected chi connectivity index (χ0v) is 26.5. The van der Waals surface area contributed by atoms with Crippen molar-refractivity contribution >= 4 is 49.8 Å². The maximum absolute atomic E-state index is 6.24. The van der Waals surface area contributed by atoms with Crippen molar-refractivity contribution in [2.24, 2.45) is 0 Å². The van der Waals surface area contributed by atoms with Gasteiger partial charge in [0.1, 0.15) is 0 Å². The van der Waals surface area contributed by atoms with Crippen LogP contribution in [0.25, 0.3) is 60.8 Å². The number of anilines is 3. The molecule has 0 fully saturated rings. The highest BCUT2D eigenvalue weighted by Gasteiger charge is 2.25. The second-order valence-corrected chi connectivity index (χ2v) is 12.4. The monoisotopic (exact) mass is 627 g/mol. The first kappa shape index (κ1) is 27.5. The molecule has 230 valence electrons. The molecule has 7 aromatic carbocycles. The van der Waals surface area contributed by atoms with Crippen molar-refractivity contribution in [3.63, 3.8) is 0 Å². The molecular weight excluding hydrogens is 599 g/mol. The van der Waals surface area contributed by atoms with E-state index in [1.54, 1.807) is 0 Å². The first-order valence-corrected chi connectivity index (χ1v) is 16.6. The second kappa shape index (κ2) is 11.0. The fourth-order valence-electron chi connectivity index (χ4n) is 7.34. The van der Waals surface area contributed by atoms with Gasteiger partial charge in [-0.3, -0.25) is 0 Å². The molecule has 1 aliphatic rings. The molecule has 0 radical (unpaired) electrons. The molecule has 9 aromatic rings. The number of pyridine rings is 1. The lowest BCUT2D eigenvalue weighted by atomic mass is 9.97. The van der Waals surface area contributed by atoms with Gasteiger partial charge in [0.15, 0.2) is 11.5 Å². The molecule has 0 atom stereocenters. The number of hydrogen-bond acceptors (Lipinski definition) is 3. The van der Waals surface area contributed by atoms with Crippen LogP contribution in [0.5, 0.6) is 11.5 Å². The van der Waals surface area contributed by atoms with Crippen molar-refractivity contribution in [2.45, 2.75) is 0 Å². The number of rotatable bonds is 4. The Bertz CT molecular complexity index is 2610. The summed E-state index contributed by atoms with van der Waals surface area (Å²) in [5.74, 6) is 1.68. The summed E-state index contributed by atoms with van der Waals surface area (Å²) in [7, 11) is 0. The van der Waals surface area contributed by atoms with Crippen molar-refractivity contribution in [3.8, 4) is 39.6 Å². The molecule has 3 heterocycles. The van der Waals surface area contributed by atoms with Crippen LogP contribution in [0.2, 0.25) is 0 Å². The molecule has 0 spiro atoms. The average molecular weight is 628 g/mol. The van der Waals surface area contributed by atoms with E-state index in [4.69, 9.17) is 9.72 Å². The van der Waals surface area contributed by atoms with Gasteiger partial charge in [-0.15, -0.1) is 0 Å². The van der Waals surface area contributed by atoms with Crippen molar-refractivity contribution in [3.05, 3.63) is 176 Å². The average Bonchev–Trinajstić information content (AvgIpc) is 3.51. The van der Waals surface area contributed by atoms with Gasteiger partial charge in [0.05, 0.1) is 33.6 Å². The standard InChI is InChI=1S/C45H29N3O/c1-4-17-38-34(14-1)37(31-12-11-13-33(28-31)48-40-18-5-2-15-35(40)36-16-3-6-19-41(36)48)29-39(46-38)30-24-26-32(27-25-30)47-42-20-7-9-22-44(42)49-45-23-10-8-21-43(45)47/h1-29H. The van der Waals surface area contributed by atoms with Gasteiger partial charge in [0.25, 0.3) is 0 Å². The molecule has 4 nitrogen and oxygen atoms in total. The van der Waals surface area contributed by atoms with E-state index in [1.807, 2.05) is 36.4 Å². The Kier molecular flexibility index (Phi) is 6.15. The van der Waals surface area contributed by atoms with Crippen molar-refractivity contribution in [1.29, 1.82) is 0 Å². The van der Waals surface area contributed by atoms with E-state index in [0.717, 1.165) is 67.5 Å². The third-order valence-electron chi connectivity index (χ3n) is 9.57. The minimum Gasteiger partial charge on any atom is -0.453 e. The number of hydrogen-bond donors (Lipinski definition) is 0. The highest BCUT2D eigenvalue weighted by Crippen LogP contribution is 2.50. The number of benzene rings is 7. The molecule has 4 heteroatoms. The molecule has 0 bridgehead atoms. The van der Waals surface area contributed by atoms with E-state index in [9.17, 15) is 0 Å². The zero-order valence-electron chi connectivity index (χ0n) is 26.5. The molecule has 1 aliphatic heterocycles. The van der Waals surface area contributed by atoms with Crippen LogP contribution in [0.15, 0.2) is 176 Å². The fraction of sp³-hybridized carbons (Fsp3) is 0. The zero-order chi connectivity index (χ0) is 32.3. The van der Waals surface area contributed by atoms with Crippen LogP contribution in [0, 0.1) is 0 Å². The predicted molar refractivity (Wildman–Crippen MR) is 202 cm³/mol. The lowest BCUT2D eigenvalue weighted by Crippen LogP contribution is -2.15. The number of fused-ring (bicyclic) bond motifs is 6. The molecule has 0 N–H and O–H groups in total. The van der Waals surface area contributed by atoms with Crippen molar-refractivity contribution < 1.29 is 4.74 Å². The van der Waals surface area contributed by atoms with Gasteiger partial charge in [-0.25, -0.2) is 4.98 Å². The van der Waals surface area contributed by atoms with Crippen LogP contribution >= 0.6 is 0 Å². The quantitative estimate of drug-likeness (QED) is 0.194. The van der Waals surface area contributed by atoms with E-state index in [-0.39, 0.29) is 0 Å². The molecule has 0 saturated heterocycles. The second-order valence-electron chi connectivity index (χ2n) is 12.4. The first-order chi connectivity index (χ1) is 24.3. The summed E-state index contributed by atoms with van der Waals surface area (Å²) in [6.07, 6.45) is 0. The number of aromatic nitrogens is 2. The van der Waals surface area contributed by atoms with Gasteiger partial charge in [0, 0.05) is 33.1 Å². The van der Waals surface area contributed by atoms with Gasteiger partial charge < -0.3 is 14.2 Å². The smallest absolute Gasteiger partial charge is 0.151 e. The Morgan fingerprint density at radius 1 is 0.429 bits per heavy atom. The van der Waals surface area contributed by atoms with Crippen LogP contribution < -0.4 is 9.64 Å². The minimum atomic E-state index is 0.842. The summed E-state index contributed by atoms with van der Waals surface area (Å²) >= 11 is 0. The minimum absolute atomic E-state index is 0.842. The molecule has 49 heavy (non-hydrogen) atoms. The summed E-state index contributed by atoms with van der Waals surface area (Å²) in [6, 6.07) is 61.9. The van der Waals surface area contributed by atoms with E-state index in [2.05, 4.69) is 149 Å². The Labute approximate surface area is 283 Å². The van der Waals surface area contributed by atoms with Crippen molar-refractivity contribution in [2.75, 3.05) is 4.90 Å².